The summed E-state index contributed by atoms with van der Waals surface area (Å²) >= 11 is 4.45. The number of piperazine rings is 1. The maximum absolute atomic E-state index is 13.6. The fourth-order valence-electron chi connectivity index (χ4n) is 6.95. The zero-order valence-electron chi connectivity index (χ0n) is 19.3. The van der Waals surface area contributed by atoms with Gasteiger partial charge in [0.15, 0.2) is 0 Å². The number of nitrogens with zero attached hydrogens (tertiary/aromatic N) is 2. The highest BCUT2D eigenvalue weighted by molar-refractivity contribution is 8.21. The van der Waals surface area contributed by atoms with Gasteiger partial charge in [0.2, 0.25) is 5.91 Å². The van der Waals surface area contributed by atoms with Crippen molar-refractivity contribution in [2.75, 3.05) is 37.7 Å². The third-order valence-electron chi connectivity index (χ3n) is 8.45. The van der Waals surface area contributed by atoms with Crippen molar-refractivity contribution in [2.45, 2.75) is 35.8 Å². The smallest absolute Gasteiger partial charge is 0.225 e. The van der Waals surface area contributed by atoms with Crippen molar-refractivity contribution >= 4 is 29.4 Å². The lowest BCUT2D eigenvalue weighted by Gasteiger charge is -2.45. The fraction of sp³-hybridized carbons (Fsp3) is 0.536. The Labute approximate surface area is 206 Å². The minimum atomic E-state index is 0.256. The standard InChI is InChI=1S/C28H34N2OS2/c31-27(23-19-24-11-12-25(20-23)28(24)32-17-18-33-28)30-15-13-29(14-16-30)26(21-7-3-1-4-8-21)22-9-5-2-6-10-22/h1-10,23-26H,11-20H2/t23?,24-,25+. The monoisotopic (exact) mass is 478 g/mol. The first-order chi connectivity index (χ1) is 16.2. The molecule has 174 valence electrons. The molecule has 3 nitrogen and oxygen atoms in total. The minimum Gasteiger partial charge on any atom is -0.340 e. The molecular weight excluding hydrogens is 444 g/mol. The summed E-state index contributed by atoms with van der Waals surface area (Å²) in [5.41, 5.74) is 2.67. The zero-order valence-corrected chi connectivity index (χ0v) is 20.9. The van der Waals surface area contributed by atoms with Crippen molar-refractivity contribution in [1.29, 1.82) is 0 Å². The lowest BCUT2D eigenvalue weighted by atomic mass is 9.79. The van der Waals surface area contributed by atoms with Gasteiger partial charge >= 0.3 is 0 Å². The first-order valence-corrected chi connectivity index (χ1v) is 14.6. The SMILES string of the molecule is O=C(C1C[C@H]2CC[C@@H](C1)C21SCCS1)N1CCN(C(c2ccccc2)c2ccccc2)CC1. The number of amides is 1. The van der Waals surface area contributed by atoms with Crippen LogP contribution in [-0.4, -0.2) is 57.5 Å². The molecule has 0 radical (unpaired) electrons. The molecule has 6 rings (SSSR count). The van der Waals surface area contributed by atoms with Crippen LogP contribution in [0.4, 0.5) is 0 Å². The maximum Gasteiger partial charge on any atom is 0.225 e. The number of benzene rings is 2. The van der Waals surface area contributed by atoms with Gasteiger partial charge in [0.05, 0.1) is 10.1 Å². The molecule has 0 aromatic heterocycles. The number of hydrogen-bond acceptors (Lipinski definition) is 4. The van der Waals surface area contributed by atoms with Gasteiger partial charge in [0, 0.05) is 43.6 Å². The summed E-state index contributed by atoms with van der Waals surface area (Å²) < 4.78 is 0.466. The number of carbonyl (C=O) groups excluding carboxylic acids is 1. The quantitative estimate of drug-likeness (QED) is 0.576. The Kier molecular flexibility index (Phi) is 6.23. The number of rotatable bonds is 4. The molecule has 5 heteroatoms. The third-order valence-corrected chi connectivity index (χ3v) is 12.5. The van der Waals surface area contributed by atoms with Crippen molar-refractivity contribution < 1.29 is 4.79 Å². The molecule has 2 bridgehead atoms. The summed E-state index contributed by atoms with van der Waals surface area (Å²) in [6, 6.07) is 21.9. The topological polar surface area (TPSA) is 23.6 Å². The van der Waals surface area contributed by atoms with E-state index in [4.69, 9.17) is 0 Å². The molecule has 33 heavy (non-hydrogen) atoms. The molecule has 2 aliphatic carbocycles. The molecular formula is C28H34N2OS2. The molecule has 1 spiro atoms. The summed E-state index contributed by atoms with van der Waals surface area (Å²) in [4.78, 5) is 18.3. The highest BCUT2D eigenvalue weighted by atomic mass is 32.2. The fourth-order valence-corrected chi connectivity index (χ4v) is 10.9. The van der Waals surface area contributed by atoms with Crippen molar-refractivity contribution in [2.24, 2.45) is 17.8 Å². The largest absolute Gasteiger partial charge is 0.340 e. The normalized spacial score (nSPS) is 29.1. The van der Waals surface area contributed by atoms with Crippen molar-refractivity contribution in [1.82, 2.24) is 9.80 Å². The minimum absolute atomic E-state index is 0.256. The zero-order chi connectivity index (χ0) is 22.3. The third kappa shape index (κ3) is 4.04. The second-order valence-corrected chi connectivity index (χ2v) is 13.1. The molecule has 4 aliphatic rings. The molecule has 2 aliphatic heterocycles. The molecule has 4 fully saturated rings. The molecule has 2 aromatic rings. The predicted molar refractivity (Wildman–Crippen MR) is 139 cm³/mol. The number of thioether (sulfide) groups is 2. The van der Waals surface area contributed by atoms with Crippen LogP contribution in [0.3, 0.4) is 0 Å². The molecule has 2 aromatic carbocycles. The van der Waals surface area contributed by atoms with Crippen LogP contribution in [-0.2, 0) is 4.79 Å². The molecule has 1 amide bonds. The summed E-state index contributed by atoms with van der Waals surface area (Å²) in [5.74, 6) is 4.84. The van der Waals surface area contributed by atoms with Crippen LogP contribution >= 0.6 is 23.5 Å². The van der Waals surface area contributed by atoms with Gasteiger partial charge in [-0.3, -0.25) is 9.69 Å². The second kappa shape index (κ2) is 9.31. The summed E-state index contributed by atoms with van der Waals surface area (Å²) in [6.07, 6.45) is 4.95. The van der Waals surface area contributed by atoms with Gasteiger partial charge in [-0.05, 0) is 48.6 Å². The van der Waals surface area contributed by atoms with Gasteiger partial charge in [-0.2, -0.15) is 0 Å². The van der Waals surface area contributed by atoms with E-state index in [0.29, 0.717) is 9.99 Å². The molecule has 0 N–H and O–H groups in total. The maximum atomic E-state index is 13.6. The summed E-state index contributed by atoms with van der Waals surface area (Å²) in [6.45, 7) is 3.59. The van der Waals surface area contributed by atoms with E-state index >= 15 is 0 Å². The average Bonchev–Trinajstić information content (AvgIpc) is 3.41. The van der Waals surface area contributed by atoms with Gasteiger partial charge in [-0.25, -0.2) is 0 Å². The van der Waals surface area contributed by atoms with Crippen LogP contribution in [0.5, 0.6) is 0 Å². The van der Waals surface area contributed by atoms with Crippen molar-refractivity contribution in [3.63, 3.8) is 0 Å². The van der Waals surface area contributed by atoms with E-state index in [9.17, 15) is 4.79 Å². The summed E-state index contributed by atoms with van der Waals surface area (Å²) in [5, 5.41) is 0. The van der Waals surface area contributed by atoms with Crippen molar-refractivity contribution in [3.8, 4) is 0 Å². The molecule has 2 saturated carbocycles. The lowest BCUT2D eigenvalue weighted by molar-refractivity contribution is -0.139. The number of hydrogen-bond donors (Lipinski definition) is 0. The van der Waals surface area contributed by atoms with Gasteiger partial charge in [-0.1, -0.05) is 60.7 Å². The van der Waals surface area contributed by atoms with Crippen LogP contribution < -0.4 is 0 Å². The van der Waals surface area contributed by atoms with E-state index in [1.54, 1.807) is 0 Å². The van der Waals surface area contributed by atoms with E-state index in [1.807, 2.05) is 0 Å². The van der Waals surface area contributed by atoms with Gasteiger partial charge in [-0.15, -0.1) is 23.5 Å². The van der Waals surface area contributed by atoms with Crippen LogP contribution in [0.15, 0.2) is 60.7 Å². The Balaban J connectivity index is 1.13. The Morgan fingerprint density at radius 3 is 1.82 bits per heavy atom. The van der Waals surface area contributed by atoms with Crippen LogP contribution in [0.1, 0.15) is 42.9 Å². The highest BCUT2D eigenvalue weighted by Crippen LogP contribution is 2.66. The average molecular weight is 479 g/mol. The predicted octanol–water partition coefficient (Wildman–Crippen LogP) is 5.53. The van der Waals surface area contributed by atoms with E-state index in [1.165, 1.54) is 35.5 Å². The molecule has 2 heterocycles. The van der Waals surface area contributed by atoms with Crippen molar-refractivity contribution in [3.05, 3.63) is 71.8 Å². The lowest BCUT2D eigenvalue weighted by Crippen LogP contribution is -2.52. The molecule has 2 saturated heterocycles. The highest BCUT2D eigenvalue weighted by Gasteiger charge is 2.57. The Morgan fingerprint density at radius 1 is 0.788 bits per heavy atom. The van der Waals surface area contributed by atoms with Crippen LogP contribution in [0.2, 0.25) is 0 Å². The summed E-state index contributed by atoms with van der Waals surface area (Å²) in [7, 11) is 0. The Bertz CT molecular complexity index is 899. The van der Waals surface area contributed by atoms with E-state index in [2.05, 4.69) is 94.0 Å². The van der Waals surface area contributed by atoms with Gasteiger partial charge in [0.25, 0.3) is 0 Å². The first-order valence-electron chi connectivity index (χ1n) is 12.7. The molecule has 3 atom stereocenters. The first kappa shape index (κ1) is 22.1. The van der Waals surface area contributed by atoms with Crippen LogP contribution in [0, 0.1) is 17.8 Å². The van der Waals surface area contributed by atoms with E-state index in [-0.39, 0.29) is 12.0 Å². The van der Waals surface area contributed by atoms with E-state index in [0.717, 1.165) is 50.9 Å². The second-order valence-electron chi connectivity index (χ2n) is 10.1. The number of carbonyl (C=O) groups is 1. The van der Waals surface area contributed by atoms with E-state index < -0.39 is 0 Å². The van der Waals surface area contributed by atoms with Gasteiger partial charge in [0.1, 0.15) is 0 Å². The molecule has 1 unspecified atom stereocenters. The Morgan fingerprint density at radius 2 is 1.30 bits per heavy atom. The van der Waals surface area contributed by atoms with Crippen LogP contribution in [0.25, 0.3) is 0 Å². The Hall–Kier alpha value is -1.43. The van der Waals surface area contributed by atoms with Gasteiger partial charge < -0.3 is 4.90 Å².